The summed E-state index contributed by atoms with van der Waals surface area (Å²) >= 11 is 1.39. The first-order valence-corrected chi connectivity index (χ1v) is 11.4. The van der Waals surface area contributed by atoms with Gasteiger partial charge in [0.15, 0.2) is 9.84 Å². The molecule has 3 rings (SSSR count). The Labute approximate surface area is 163 Å². The Morgan fingerprint density at radius 1 is 1.15 bits per heavy atom. The zero-order chi connectivity index (χ0) is 19.3. The molecule has 1 atom stereocenters. The van der Waals surface area contributed by atoms with Crippen molar-refractivity contribution in [2.24, 2.45) is 5.92 Å². The van der Waals surface area contributed by atoms with Crippen LogP contribution in [0.4, 0.5) is 0 Å². The molecule has 2 heterocycles. The highest BCUT2D eigenvalue weighted by atomic mass is 32.2. The average Bonchev–Trinajstić information content (AvgIpc) is 3.23. The Morgan fingerprint density at radius 2 is 1.93 bits per heavy atom. The van der Waals surface area contributed by atoms with E-state index in [0.29, 0.717) is 24.4 Å². The maximum atomic E-state index is 12.5. The summed E-state index contributed by atoms with van der Waals surface area (Å²) in [4.78, 5) is 27.5. The second kappa shape index (κ2) is 8.67. The first-order chi connectivity index (χ1) is 13.0. The lowest BCUT2D eigenvalue weighted by Crippen LogP contribution is -2.46. The van der Waals surface area contributed by atoms with Crippen molar-refractivity contribution in [3.63, 3.8) is 0 Å². The second-order valence-corrected chi connectivity index (χ2v) is 9.55. The van der Waals surface area contributed by atoms with E-state index in [9.17, 15) is 18.0 Å². The van der Waals surface area contributed by atoms with Gasteiger partial charge in [0.1, 0.15) is 0 Å². The van der Waals surface area contributed by atoms with Crippen LogP contribution in [0.3, 0.4) is 0 Å². The molecule has 2 amide bonds. The number of rotatable bonds is 6. The molecular weight excluding hydrogens is 384 g/mol. The van der Waals surface area contributed by atoms with Gasteiger partial charge in [-0.2, -0.15) is 0 Å². The van der Waals surface area contributed by atoms with Gasteiger partial charge in [-0.1, -0.05) is 24.3 Å². The Morgan fingerprint density at radius 3 is 2.63 bits per heavy atom. The molecule has 0 saturated carbocycles. The van der Waals surface area contributed by atoms with Gasteiger partial charge in [-0.05, 0) is 36.4 Å². The quantitative estimate of drug-likeness (QED) is 0.797. The number of benzene rings is 1. The van der Waals surface area contributed by atoms with E-state index in [1.54, 1.807) is 41.3 Å². The van der Waals surface area contributed by atoms with E-state index >= 15 is 0 Å². The highest BCUT2D eigenvalue weighted by Crippen LogP contribution is 2.20. The van der Waals surface area contributed by atoms with Crippen LogP contribution in [0.5, 0.6) is 0 Å². The lowest BCUT2D eigenvalue weighted by Gasteiger charge is -2.31. The number of nitrogens with zero attached hydrogens (tertiary/aromatic N) is 1. The average molecular weight is 407 g/mol. The van der Waals surface area contributed by atoms with Gasteiger partial charge in [0.25, 0.3) is 5.91 Å². The number of thiophene rings is 1. The van der Waals surface area contributed by atoms with Gasteiger partial charge in [-0.25, -0.2) is 8.42 Å². The molecule has 144 valence electrons. The number of nitrogens with one attached hydrogen (secondary N) is 1. The largest absolute Gasteiger partial charge is 0.355 e. The number of carbonyl (C=O) groups excluding carboxylic acids is 2. The first-order valence-electron chi connectivity index (χ1n) is 8.86. The predicted octanol–water partition coefficient (Wildman–Crippen LogP) is 2.19. The molecular formula is C19H22N2O4S2. The zero-order valence-electron chi connectivity index (χ0n) is 14.8. The minimum absolute atomic E-state index is 0.0471. The molecule has 2 aromatic rings. The first kappa shape index (κ1) is 19.6. The zero-order valence-corrected chi connectivity index (χ0v) is 16.5. The number of sulfone groups is 1. The highest BCUT2D eigenvalue weighted by Gasteiger charge is 2.29. The molecule has 0 aliphatic carbocycles. The van der Waals surface area contributed by atoms with Crippen LogP contribution in [0.2, 0.25) is 0 Å². The lowest BCUT2D eigenvalue weighted by atomic mass is 9.97. The summed E-state index contributed by atoms with van der Waals surface area (Å²) in [7, 11) is -3.42. The third-order valence-corrected chi connectivity index (χ3v) is 7.17. The summed E-state index contributed by atoms with van der Waals surface area (Å²) in [5, 5.41) is 4.57. The van der Waals surface area contributed by atoms with Crippen LogP contribution in [0.25, 0.3) is 0 Å². The molecule has 6 nitrogen and oxygen atoms in total. The molecule has 0 bridgehead atoms. The molecule has 1 saturated heterocycles. The summed E-state index contributed by atoms with van der Waals surface area (Å²) in [5.74, 6) is -0.689. The number of hydrogen-bond donors (Lipinski definition) is 1. The third kappa shape index (κ3) is 4.95. The van der Waals surface area contributed by atoms with Crippen molar-refractivity contribution >= 4 is 33.0 Å². The minimum atomic E-state index is -3.42. The van der Waals surface area contributed by atoms with Gasteiger partial charge in [0.05, 0.1) is 21.4 Å². The fraction of sp³-hybridized carbons (Fsp3) is 0.368. The number of amides is 2. The van der Waals surface area contributed by atoms with Gasteiger partial charge < -0.3 is 10.2 Å². The van der Waals surface area contributed by atoms with E-state index in [1.807, 2.05) is 11.4 Å². The molecule has 0 spiro atoms. The standard InChI is InChI=1S/C19H22N2O4S2/c22-18(20-10-13-27(24,25)16-7-2-1-3-8-16)15-6-4-11-21(14-15)19(23)17-9-5-12-26-17/h1-3,5,7-9,12,15H,4,6,10-11,13-14H2,(H,20,22). The van der Waals surface area contributed by atoms with Crippen LogP contribution in [0.15, 0.2) is 52.7 Å². The maximum Gasteiger partial charge on any atom is 0.263 e. The van der Waals surface area contributed by atoms with E-state index in [1.165, 1.54) is 11.3 Å². The van der Waals surface area contributed by atoms with Crippen LogP contribution in [-0.4, -0.2) is 50.5 Å². The van der Waals surface area contributed by atoms with E-state index < -0.39 is 9.84 Å². The molecule has 1 N–H and O–H groups in total. The Bertz CT molecular complexity index is 880. The SMILES string of the molecule is O=C(NCCS(=O)(=O)c1ccccc1)C1CCCN(C(=O)c2cccs2)C1. The van der Waals surface area contributed by atoms with Crippen LogP contribution in [0, 0.1) is 5.92 Å². The van der Waals surface area contributed by atoms with Crippen LogP contribution in [-0.2, 0) is 14.6 Å². The molecule has 1 unspecified atom stereocenters. The summed E-state index contributed by atoms with van der Waals surface area (Å²) in [6.07, 6.45) is 1.46. The summed E-state index contributed by atoms with van der Waals surface area (Å²) < 4.78 is 24.5. The molecule has 1 aliphatic heterocycles. The molecule has 1 fully saturated rings. The van der Waals surface area contributed by atoms with Crippen molar-refractivity contribution in [3.05, 3.63) is 52.7 Å². The number of likely N-dealkylation sites (tertiary alicyclic amines) is 1. The van der Waals surface area contributed by atoms with Gasteiger partial charge in [-0.15, -0.1) is 11.3 Å². The van der Waals surface area contributed by atoms with Gasteiger partial charge in [0.2, 0.25) is 5.91 Å². The van der Waals surface area contributed by atoms with Crippen molar-refractivity contribution in [1.82, 2.24) is 10.2 Å². The summed E-state index contributed by atoms with van der Waals surface area (Å²) in [5.41, 5.74) is 0. The highest BCUT2D eigenvalue weighted by molar-refractivity contribution is 7.91. The van der Waals surface area contributed by atoms with Gasteiger partial charge >= 0.3 is 0 Å². The maximum absolute atomic E-state index is 12.5. The Hall–Kier alpha value is -2.19. The summed E-state index contributed by atoms with van der Waals surface area (Å²) in [6.45, 7) is 1.07. The number of piperidine rings is 1. The molecule has 1 aliphatic rings. The van der Waals surface area contributed by atoms with Crippen molar-refractivity contribution in [1.29, 1.82) is 0 Å². The van der Waals surface area contributed by atoms with Crippen LogP contribution in [0.1, 0.15) is 22.5 Å². The monoisotopic (exact) mass is 406 g/mol. The molecule has 1 aromatic carbocycles. The Balaban J connectivity index is 1.51. The molecule has 8 heteroatoms. The number of carbonyl (C=O) groups is 2. The van der Waals surface area contributed by atoms with Crippen LogP contribution < -0.4 is 5.32 Å². The third-order valence-electron chi connectivity index (χ3n) is 4.58. The van der Waals surface area contributed by atoms with E-state index in [-0.39, 0.29) is 34.9 Å². The van der Waals surface area contributed by atoms with Crippen molar-refractivity contribution in [3.8, 4) is 0 Å². The number of hydrogen-bond acceptors (Lipinski definition) is 5. The smallest absolute Gasteiger partial charge is 0.263 e. The van der Waals surface area contributed by atoms with E-state index in [4.69, 9.17) is 0 Å². The Kier molecular flexibility index (Phi) is 6.28. The van der Waals surface area contributed by atoms with Gasteiger partial charge in [0, 0.05) is 19.6 Å². The van der Waals surface area contributed by atoms with E-state index in [2.05, 4.69) is 5.32 Å². The van der Waals surface area contributed by atoms with Crippen LogP contribution >= 0.6 is 11.3 Å². The normalized spacial score (nSPS) is 17.5. The van der Waals surface area contributed by atoms with Gasteiger partial charge in [-0.3, -0.25) is 9.59 Å². The van der Waals surface area contributed by atoms with E-state index in [0.717, 1.165) is 6.42 Å². The topological polar surface area (TPSA) is 83.6 Å². The second-order valence-electron chi connectivity index (χ2n) is 6.49. The van der Waals surface area contributed by atoms with Crippen molar-refractivity contribution in [2.75, 3.05) is 25.4 Å². The predicted molar refractivity (Wildman–Crippen MR) is 104 cm³/mol. The fourth-order valence-corrected chi connectivity index (χ4v) is 5.00. The van der Waals surface area contributed by atoms with Crippen molar-refractivity contribution < 1.29 is 18.0 Å². The fourth-order valence-electron chi connectivity index (χ4n) is 3.13. The van der Waals surface area contributed by atoms with Crippen molar-refractivity contribution in [2.45, 2.75) is 17.7 Å². The molecule has 1 aromatic heterocycles. The molecule has 27 heavy (non-hydrogen) atoms. The minimum Gasteiger partial charge on any atom is -0.355 e. The lowest BCUT2D eigenvalue weighted by molar-refractivity contribution is -0.126. The molecule has 0 radical (unpaired) electrons. The summed E-state index contributed by atoms with van der Waals surface area (Å²) in [6, 6.07) is 11.8.